The van der Waals surface area contributed by atoms with E-state index < -0.39 is 11.6 Å². The highest BCUT2D eigenvalue weighted by Gasteiger charge is 2.38. The van der Waals surface area contributed by atoms with Crippen LogP contribution >= 0.6 is 0 Å². The second-order valence-corrected chi connectivity index (χ2v) is 6.28. The van der Waals surface area contributed by atoms with Gasteiger partial charge in [-0.05, 0) is 37.2 Å². The quantitative estimate of drug-likeness (QED) is 0.908. The number of carbonyl (C=O) groups is 1. The number of amides is 1. The van der Waals surface area contributed by atoms with Gasteiger partial charge in [0.25, 0.3) is 0 Å². The summed E-state index contributed by atoms with van der Waals surface area (Å²) < 4.78 is 26.8. The second kappa shape index (κ2) is 5.72. The Hall–Kier alpha value is -1.49. The molecule has 1 aliphatic heterocycles. The summed E-state index contributed by atoms with van der Waals surface area (Å²) in [6, 6.07) is 4.20. The van der Waals surface area contributed by atoms with Gasteiger partial charge in [-0.3, -0.25) is 4.79 Å². The third-order valence-corrected chi connectivity index (χ3v) is 4.82. The van der Waals surface area contributed by atoms with Crippen molar-refractivity contribution in [3.63, 3.8) is 0 Å². The standard InChI is InChI=1S/C16H20F2N2O/c17-14-3-1-2-10(16(14)18)7-15(21)20-8-11-4-5-13(19)6-12(11)9-20/h1-3,11-13H,4-9,19H2/t11-,12+,13?/m1/s1. The van der Waals surface area contributed by atoms with Gasteiger partial charge in [-0.25, -0.2) is 8.78 Å². The minimum atomic E-state index is -0.913. The average Bonchev–Trinajstić information content (AvgIpc) is 2.87. The van der Waals surface area contributed by atoms with Crippen LogP contribution in [0.2, 0.25) is 0 Å². The lowest BCUT2D eigenvalue weighted by atomic mass is 9.79. The smallest absolute Gasteiger partial charge is 0.227 e. The minimum Gasteiger partial charge on any atom is -0.342 e. The number of hydrogen-bond donors (Lipinski definition) is 1. The molecule has 2 N–H and O–H groups in total. The van der Waals surface area contributed by atoms with Crippen molar-refractivity contribution in [3.8, 4) is 0 Å². The van der Waals surface area contributed by atoms with Gasteiger partial charge in [-0.2, -0.15) is 0 Å². The average molecular weight is 294 g/mol. The van der Waals surface area contributed by atoms with Gasteiger partial charge in [-0.1, -0.05) is 12.1 Å². The van der Waals surface area contributed by atoms with Gasteiger partial charge in [0, 0.05) is 24.7 Å². The highest BCUT2D eigenvalue weighted by atomic mass is 19.2. The van der Waals surface area contributed by atoms with Crippen molar-refractivity contribution in [2.45, 2.75) is 31.7 Å². The lowest BCUT2D eigenvalue weighted by Crippen LogP contribution is -2.32. The van der Waals surface area contributed by atoms with Crippen molar-refractivity contribution in [1.82, 2.24) is 4.90 Å². The fraction of sp³-hybridized carbons (Fsp3) is 0.562. The number of rotatable bonds is 2. The first-order valence-electron chi connectivity index (χ1n) is 7.51. The summed E-state index contributed by atoms with van der Waals surface area (Å²) in [5.41, 5.74) is 6.11. The third kappa shape index (κ3) is 2.93. The summed E-state index contributed by atoms with van der Waals surface area (Å²) in [6.45, 7) is 1.43. The van der Waals surface area contributed by atoms with Crippen LogP contribution in [0.25, 0.3) is 0 Å². The first-order valence-corrected chi connectivity index (χ1v) is 7.51. The molecule has 1 heterocycles. The monoisotopic (exact) mass is 294 g/mol. The van der Waals surface area contributed by atoms with E-state index in [9.17, 15) is 13.6 Å². The molecule has 0 spiro atoms. The maximum absolute atomic E-state index is 13.6. The van der Waals surface area contributed by atoms with Gasteiger partial charge in [0.05, 0.1) is 6.42 Å². The zero-order chi connectivity index (χ0) is 15.0. The highest BCUT2D eigenvalue weighted by molar-refractivity contribution is 5.79. The van der Waals surface area contributed by atoms with Gasteiger partial charge in [0.1, 0.15) is 0 Å². The van der Waals surface area contributed by atoms with Crippen molar-refractivity contribution in [1.29, 1.82) is 0 Å². The maximum atomic E-state index is 13.6. The Morgan fingerprint density at radius 3 is 2.81 bits per heavy atom. The van der Waals surface area contributed by atoms with E-state index in [2.05, 4.69) is 0 Å². The predicted molar refractivity (Wildman–Crippen MR) is 75.4 cm³/mol. The summed E-state index contributed by atoms with van der Waals surface area (Å²) in [6.07, 6.45) is 2.96. The summed E-state index contributed by atoms with van der Waals surface area (Å²) >= 11 is 0. The molecule has 5 heteroatoms. The molecule has 3 rings (SSSR count). The number of hydrogen-bond acceptors (Lipinski definition) is 2. The van der Waals surface area contributed by atoms with Gasteiger partial charge < -0.3 is 10.6 Å². The van der Waals surface area contributed by atoms with E-state index >= 15 is 0 Å². The Kier molecular flexibility index (Phi) is 3.93. The Labute approximate surface area is 123 Å². The van der Waals surface area contributed by atoms with Crippen LogP contribution in [-0.2, 0) is 11.2 Å². The van der Waals surface area contributed by atoms with Crippen LogP contribution in [0.3, 0.4) is 0 Å². The fourth-order valence-corrected chi connectivity index (χ4v) is 3.63. The van der Waals surface area contributed by atoms with Crippen molar-refractivity contribution >= 4 is 5.91 Å². The second-order valence-electron chi connectivity index (χ2n) is 6.28. The van der Waals surface area contributed by atoms with E-state index in [0.717, 1.165) is 31.9 Å². The molecule has 1 amide bonds. The zero-order valence-electron chi connectivity index (χ0n) is 11.9. The number of halogens is 2. The summed E-state index contributed by atoms with van der Waals surface area (Å²) in [7, 11) is 0. The molecule has 2 aliphatic rings. The number of likely N-dealkylation sites (tertiary alicyclic amines) is 1. The molecule has 0 bridgehead atoms. The van der Waals surface area contributed by atoms with Crippen molar-refractivity contribution in [2.75, 3.05) is 13.1 Å². The lowest BCUT2D eigenvalue weighted by Gasteiger charge is -2.27. The lowest BCUT2D eigenvalue weighted by molar-refractivity contribution is -0.129. The molecule has 21 heavy (non-hydrogen) atoms. The number of carbonyl (C=O) groups excluding carboxylic acids is 1. The number of nitrogens with zero attached hydrogens (tertiary/aromatic N) is 1. The molecular weight excluding hydrogens is 274 g/mol. The topological polar surface area (TPSA) is 46.3 Å². The fourth-order valence-electron chi connectivity index (χ4n) is 3.63. The van der Waals surface area contributed by atoms with E-state index in [0.29, 0.717) is 18.4 Å². The Morgan fingerprint density at radius 1 is 1.24 bits per heavy atom. The molecule has 1 saturated carbocycles. The zero-order valence-corrected chi connectivity index (χ0v) is 11.9. The van der Waals surface area contributed by atoms with Crippen LogP contribution in [0.1, 0.15) is 24.8 Å². The van der Waals surface area contributed by atoms with Crippen LogP contribution < -0.4 is 5.73 Å². The molecule has 3 nitrogen and oxygen atoms in total. The summed E-state index contributed by atoms with van der Waals surface area (Å²) in [5, 5.41) is 0. The molecular formula is C16H20F2N2O. The SMILES string of the molecule is NC1CC[C@@H]2CN(C(=O)Cc3cccc(F)c3F)C[C@@H]2C1. The van der Waals surface area contributed by atoms with Crippen molar-refractivity contribution in [2.24, 2.45) is 17.6 Å². The number of fused-ring (bicyclic) bond motifs is 1. The van der Waals surface area contributed by atoms with Gasteiger partial charge in [-0.15, -0.1) is 0 Å². The van der Waals surface area contributed by atoms with Crippen LogP contribution in [0.5, 0.6) is 0 Å². The molecule has 1 aromatic carbocycles. The molecule has 0 radical (unpaired) electrons. The van der Waals surface area contributed by atoms with Gasteiger partial charge >= 0.3 is 0 Å². The molecule has 2 fully saturated rings. The predicted octanol–water partition coefficient (Wildman–Crippen LogP) is 2.09. The van der Waals surface area contributed by atoms with E-state index in [1.165, 1.54) is 12.1 Å². The Morgan fingerprint density at radius 2 is 2.00 bits per heavy atom. The van der Waals surface area contributed by atoms with Crippen molar-refractivity contribution in [3.05, 3.63) is 35.4 Å². The summed E-state index contributed by atoms with van der Waals surface area (Å²) in [4.78, 5) is 14.1. The molecule has 1 saturated heterocycles. The Balaban J connectivity index is 1.65. The number of nitrogens with two attached hydrogens (primary N) is 1. The highest BCUT2D eigenvalue weighted by Crippen LogP contribution is 2.35. The third-order valence-electron chi connectivity index (χ3n) is 4.82. The van der Waals surface area contributed by atoms with Gasteiger partial charge in [0.2, 0.25) is 5.91 Å². The van der Waals surface area contributed by atoms with E-state index in [1.807, 2.05) is 0 Å². The number of benzene rings is 1. The largest absolute Gasteiger partial charge is 0.342 e. The molecule has 3 atom stereocenters. The van der Waals surface area contributed by atoms with E-state index in [-0.39, 0.29) is 23.9 Å². The van der Waals surface area contributed by atoms with E-state index in [4.69, 9.17) is 5.73 Å². The van der Waals surface area contributed by atoms with Gasteiger partial charge in [0.15, 0.2) is 11.6 Å². The molecule has 1 unspecified atom stereocenters. The first kappa shape index (κ1) is 14.4. The minimum absolute atomic E-state index is 0.0743. The van der Waals surface area contributed by atoms with Crippen molar-refractivity contribution < 1.29 is 13.6 Å². The van der Waals surface area contributed by atoms with Crippen LogP contribution in [-0.4, -0.2) is 29.9 Å². The molecule has 114 valence electrons. The normalized spacial score (nSPS) is 28.5. The molecule has 1 aromatic rings. The summed E-state index contributed by atoms with van der Waals surface area (Å²) in [5.74, 6) is -0.950. The first-order chi connectivity index (χ1) is 10.0. The van der Waals surface area contributed by atoms with Crippen LogP contribution in [0.15, 0.2) is 18.2 Å². The molecule has 1 aliphatic carbocycles. The van der Waals surface area contributed by atoms with E-state index in [1.54, 1.807) is 4.90 Å². The van der Waals surface area contributed by atoms with Crippen LogP contribution in [0, 0.1) is 23.5 Å². The van der Waals surface area contributed by atoms with Crippen LogP contribution in [0.4, 0.5) is 8.78 Å². The maximum Gasteiger partial charge on any atom is 0.227 e. The molecule has 0 aromatic heterocycles. The Bertz CT molecular complexity index is 549.